The van der Waals surface area contributed by atoms with Crippen molar-refractivity contribution in [3.05, 3.63) is 33.8 Å². The van der Waals surface area contributed by atoms with Gasteiger partial charge in [-0.15, -0.1) is 22.7 Å². The number of hydrogen-bond donors (Lipinski definition) is 1. The lowest BCUT2D eigenvalue weighted by Crippen LogP contribution is -2.18. The number of nitrogens with zero attached hydrogens (tertiary/aromatic N) is 3. The third kappa shape index (κ3) is 3.16. The molecule has 1 N–H and O–H groups in total. The molecule has 110 valence electrons. The number of thiophene rings is 2. The molecule has 0 aliphatic rings. The Morgan fingerprint density at radius 3 is 2.86 bits per heavy atom. The fourth-order valence-corrected chi connectivity index (χ4v) is 3.67. The van der Waals surface area contributed by atoms with Crippen molar-refractivity contribution < 1.29 is 0 Å². The van der Waals surface area contributed by atoms with Gasteiger partial charge < -0.3 is 10.2 Å². The zero-order valence-electron chi connectivity index (χ0n) is 12.2. The van der Waals surface area contributed by atoms with Crippen LogP contribution in [0.4, 0.5) is 11.8 Å². The van der Waals surface area contributed by atoms with Gasteiger partial charge in [0.15, 0.2) is 0 Å². The molecule has 0 spiro atoms. The topological polar surface area (TPSA) is 41.1 Å². The van der Waals surface area contributed by atoms with Crippen molar-refractivity contribution in [3.63, 3.8) is 0 Å². The van der Waals surface area contributed by atoms with Crippen molar-refractivity contribution in [2.45, 2.75) is 19.9 Å². The smallest absolute Gasteiger partial charge is 0.226 e. The molecule has 4 nitrogen and oxygen atoms in total. The normalized spacial score (nSPS) is 11.0. The Balaban J connectivity index is 1.93. The molecule has 0 radical (unpaired) electrons. The Morgan fingerprint density at radius 1 is 1.19 bits per heavy atom. The minimum Gasteiger partial charge on any atom is -0.354 e. The minimum absolute atomic E-state index is 0.722. The zero-order chi connectivity index (χ0) is 14.7. The first-order chi connectivity index (χ1) is 10.3. The van der Waals surface area contributed by atoms with Crippen LogP contribution in [0.25, 0.3) is 10.2 Å². The highest BCUT2D eigenvalue weighted by molar-refractivity contribution is 7.16. The van der Waals surface area contributed by atoms with Crippen molar-refractivity contribution >= 4 is 44.7 Å². The van der Waals surface area contributed by atoms with Crippen molar-refractivity contribution in [2.75, 3.05) is 23.8 Å². The van der Waals surface area contributed by atoms with Gasteiger partial charge in [-0.05, 0) is 29.3 Å². The third-order valence-corrected chi connectivity index (χ3v) is 4.84. The summed E-state index contributed by atoms with van der Waals surface area (Å²) >= 11 is 3.43. The van der Waals surface area contributed by atoms with Crippen LogP contribution in [0.15, 0.2) is 29.0 Å². The monoisotopic (exact) mass is 318 g/mol. The molecule has 3 aromatic rings. The van der Waals surface area contributed by atoms with Gasteiger partial charge in [0.05, 0.1) is 11.9 Å². The molecule has 0 saturated heterocycles. The van der Waals surface area contributed by atoms with Crippen molar-refractivity contribution in [1.29, 1.82) is 0 Å². The van der Waals surface area contributed by atoms with Gasteiger partial charge in [-0.1, -0.05) is 13.0 Å². The van der Waals surface area contributed by atoms with Gasteiger partial charge >= 0.3 is 0 Å². The molecule has 0 aliphatic carbocycles. The van der Waals surface area contributed by atoms with Crippen LogP contribution in [0.5, 0.6) is 0 Å². The molecule has 0 bridgehead atoms. The maximum Gasteiger partial charge on any atom is 0.226 e. The summed E-state index contributed by atoms with van der Waals surface area (Å²) in [5.41, 5.74) is 0. The highest BCUT2D eigenvalue weighted by Gasteiger charge is 2.13. The molecule has 21 heavy (non-hydrogen) atoms. The second-order valence-electron chi connectivity index (χ2n) is 4.87. The van der Waals surface area contributed by atoms with Crippen LogP contribution in [0, 0.1) is 0 Å². The SMILES string of the molecule is CCCNc1nc(N(C)Cc2cccs2)c2ccsc2n1. The van der Waals surface area contributed by atoms with Crippen LogP contribution in [0.1, 0.15) is 18.2 Å². The molecule has 0 saturated carbocycles. The highest BCUT2D eigenvalue weighted by Crippen LogP contribution is 2.29. The average molecular weight is 318 g/mol. The van der Waals surface area contributed by atoms with Gasteiger partial charge in [-0.25, -0.2) is 4.98 Å². The van der Waals surface area contributed by atoms with Crippen LogP contribution in [0.2, 0.25) is 0 Å². The molecular weight excluding hydrogens is 300 g/mol. The number of fused-ring (bicyclic) bond motifs is 1. The second kappa shape index (κ2) is 6.41. The Kier molecular flexibility index (Phi) is 4.36. The summed E-state index contributed by atoms with van der Waals surface area (Å²) in [5.74, 6) is 1.72. The van der Waals surface area contributed by atoms with Crippen LogP contribution in [-0.2, 0) is 6.54 Å². The lowest BCUT2D eigenvalue weighted by atomic mass is 10.3. The Morgan fingerprint density at radius 2 is 2.10 bits per heavy atom. The first kappa shape index (κ1) is 14.3. The van der Waals surface area contributed by atoms with E-state index in [0.29, 0.717) is 0 Å². The largest absolute Gasteiger partial charge is 0.354 e. The summed E-state index contributed by atoms with van der Waals surface area (Å²) in [6.45, 7) is 3.90. The Labute approximate surface area is 132 Å². The number of nitrogens with one attached hydrogen (secondary N) is 1. The molecule has 3 heterocycles. The van der Waals surface area contributed by atoms with Crippen LogP contribution in [0.3, 0.4) is 0 Å². The van der Waals surface area contributed by atoms with Crippen LogP contribution < -0.4 is 10.2 Å². The van der Waals surface area contributed by atoms with Gasteiger partial charge in [0, 0.05) is 18.5 Å². The fourth-order valence-electron chi connectivity index (χ4n) is 2.16. The van der Waals surface area contributed by atoms with Crippen molar-refractivity contribution in [2.24, 2.45) is 0 Å². The number of rotatable bonds is 6. The molecule has 0 fully saturated rings. The molecular formula is C15H18N4S2. The zero-order valence-corrected chi connectivity index (χ0v) is 13.8. The van der Waals surface area contributed by atoms with E-state index in [0.717, 1.165) is 41.5 Å². The summed E-state index contributed by atoms with van der Waals surface area (Å²) < 4.78 is 0. The van der Waals surface area contributed by atoms with Crippen LogP contribution >= 0.6 is 22.7 Å². The number of aromatic nitrogens is 2. The first-order valence-corrected chi connectivity index (χ1v) is 8.76. The molecule has 3 aromatic heterocycles. The number of hydrogen-bond acceptors (Lipinski definition) is 6. The van der Waals surface area contributed by atoms with E-state index >= 15 is 0 Å². The first-order valence-electron chi connectivity index (χ1n) is 7.00. The predicted molar refractivity (Wildman–Crippen MR) is 92.6 cm³/mol. The van der Waals surface area contributed by atoms with Gasteiger partial charge in [-0.2, -0.15) is 4.98 Å². The predicted octanol–water partition coefficient (Wildman–Crippen LogP) is 4.21. The maximum absolute atomic E-state index is 4.71. The third-order valence-electron chi connectivity index (χ3n) is 3.17. The van der Waals surface area contributed by atoms with E-state index in [4.69, 9.17) is 4.98 Å². The van der Waals surface area contributed by atoms with E-state index in [1.807, 2.05) is 0 Å². The lowest BCUT2D eigenvalue weighted by Gasteiger charge is -2.19. The fraction of sp³-hybridized carbons (Fsp3) is 0.333. The standard InChI is InChI=1S/C15H18N4S2/c1-3-7-16-15-17-13(12-6-9-21-14(12)18-15)19(2)10-11-5-4-8-20-11/h4-6,8-9H,3,7,10H2,1-2H3,(H,16,17,18). The molecule has 0 unspecified atom stereocenters. The molecule has 3 rings (SSSR count). The highest BCUT2D eigenvalue weighted by atomic mass is 32.1. The van der Waals surface area contributed by atoms with Crippen molar-refractivity contribution in [1.82, 2.24) is 9.97 Å². The van der Waals surface area contributed by atoms with Crippen LogP contribution in [-0.4, -0.2) is 23.6 Å². The summed E-state index contributed by atoms with van der Waals surface area (Å²) in [6, 6.07) is 6.34. The van der Waals surface area contributed by atoms with Crippen molar-refractivity contribution in [3.8, 4) is 0 Å². The van der Waals surface area contributed by atoms with E-state index in [2.05, 4.69) is 58.1 Å². The Hall–Kier alpha value is -1.66. The summed E-state index contributed by atoms with van der Waals surface area (Å²) in [4.78, 5) is 13.9. The second-order valence-corrected chi connectivity index (χ2v) is 6.80. The van der Waals surface area contributed by atoms with E-state index in [-0.39, 0.29) is 0 Å². The van der Waals surface area contributed by atoms with E-state index in [9.17, 15) is 0 Å². The van der Waals surface area contributed by atoms with Gasteiger partial charge in [0.1, 0.15) is 10.6 Å². The molecule has 0 aliphatic heterocycles. The summed E-state index contributed by atoms with van der Waals surface area (Å²) in [5, 5.41) is 8.60. The summed E-state index contributed by atoms with van der Waals surface area (Å²) in [6.07, 6.45) is 1.06. The quantitative estimate of drug-likeness (QED) is 0.739. The van der Waals surface area contributed by atoms with Gasteiger partial charge in [0.25, 0.3) is 0 Å². The summed E-state index contributed by atoms with van der Waals surface area (Å²) in [7, 11) is 2.09. The molecule has 0 atom stereocenters. The maximum atomic E-state index is 4.71. The van der Waals surface area contributed by atoms with Gasteiger partial charge in [-0.3, -0.25) is 0 Å². The van der Waals surface area contributed by atoms with E-state index in [1.165, 1.54) is 4.88 Å². The minimum atomic E-state index is 0.722. The average Bonchev–Trinajstić information content (AvgIpc) is 3.14. The molecule has 0 amide bonds. The van der Waals surface area contributed by atoms with Gasteiger partial charge in [0.2, 0.25) is 5.95 Å². The Bertz CT molecular complexity index is 706. The van der Waals surface area contributed by atoms with E-state index in [1.54, 1.807) is 22.7 Å². The van der Waals surface area contributed by atoms with E-state index < -0.39 is 0 Å². The molecule has 6 heteroatoms. The lowest BCUT2D eigenvalue weighted by molar-refractivity contribution is 0.906. The molecule has 0 aromatic carbocycles. The number of anilines is 2.